The van der Waals surface area contributed by atoms with E-state index in [4.69, 9.17) is 0 Å². The van der Waals surface area contributed by atoms with E-state index >= 15 is 0 Å². The SMILES string of the molecule is CCN(CC)C(=O)c1ccc(Nc2ncnc3ccc(Br)cc23)cc1. The molecule has 1 aromatic heterocycles. The number of hydrogen-bond acceptors (Lipinski definition) is 4. The summed E-state index contributed by atoms with van der Waals surface area (Å²) in [6.07, 6.45) is 1.54. The van der Waals surface area contributed by atoms with Crippen molar-refractivity contribution in [3.63, 3.8) is 0 Å². The van der Waals surface area contributed by atoms with E-state index in [0.717, 1.165) is 26.9 Å². The fourth-order valence-corrected chi connectivity index (χ4v) is 3.02. The lowest BCUT2D eigenvalue weighted by atomic mass is 10.1. The molecule has 25 heavy (non-hydrogen) atoms. The number of amides is 1. The van der Waals surface area contributed by atoms with Crippen LogP contribution < -0.4 is 5.32 Å². The van der Waals surface area contributed by atoms with Crippen LogP contribution in [0.3, 0.4) is 0 Å². The van der Waals surface area contributed by atoms with Gasteiger partial charge in [-0.1, -0.05) is 15.9 Å². The topological polar surface area (TPSA) is 58.1 Å². The van der Waals surface area contributed by atoms with Gasteiger partial charge in [-0.3, -0.25) is 4.79 Å². The molecule has 2 aromatic carbocycles. The number of carbonyl (C=O) groups is 1. The van der Waals surface area contributed by atoms with Crippen molar-refractivity contribution >= 4 is 44.2 Å². The highest BCUT2D eigenvalue weighted by Crippen LogP contribution is 2.26. The van der Waals surface area contributed by atoms with E-state index in [1.807, 2.05) is 56.3 Å². The lowest BCUT2D eigenvalue weighted by Crippen LogP contribution is -2.30. The molecule has 6 heteroatoms. The van der Waals surface area contributed by atoms with Crippen LogP contribution in [0.2, 0.25) is 0 Å². The molecule has 128 valence electrons. The van der Waals surface area contributed by atoms with Crippen molar-refractivity contribution < 1.29 is 4.79 Å². The molecule has 0 spiro atoms. The average molecular weight is 399 g/mol. The number of anilines is 2. The van der Waals surface area contributed by atoms with Crippen LogP contribution in [0.4, 0.5) is 11.5 Å². The summed E-state index contributed by atoms with van der Waals surface area (Å²) in [5.41, 5.74) is 2.43. The predicted octanol–water partition coefficient (Wildman–Crippen LogP) is 4.62. The van der Waals surface area contributed by atoms with E-state index in [1.54, 1.807) is 4.90 Å². The van der Waals surface area contributed by atoms with E-state index in [9.17, 15) is 4.79 Å². The Kier molecular flexibility index (Phi) is 5.28. The Balaban J connectivity index is 1.85. The van der Waals surface area contributed by atoms with E-state index in [-0.39, 0.29) is 5.91 Å². The van der Waals surface area contributed by atoms with Gasteiger partial charge in [-0.05, 0) is 56.3 Å². The molecule has 0 aliphatic heterocycles. The first-order valence-electron chi connectivity index (χ1n) is 8.19. The summed E-state index contributed by atoms with van der Waals surface area (Å²) in [5, 5.41) is 4.23. The Morgan fingerprint density at radius 3 is 2.48 bits per heavy atom. The molecule has 0 unspecified atom stereocenters. The van der Waals surface area contributed by atoms with Gasteiger partial charge in [0.15, 0.2) is 0 Å². The zero-order chi connectivity index (χ0) is 17.8. The second-order valence-corrected chi connectivity index (χ2v) is 6.48. The number of hydrogen-bond donors (Lipinski definition) is 1. The molecular weight excluding hydrogens is 380 g/mol. The van der Waals surface area contributed by atoms with E-state index < -0.39 is 0 Å². The van der Waals surface area contributed by atoms with Crippen molar-refractivity contribution in [1.29, 1.82) is 0 Å². The van der Waals surface area contributed by atoms with Crippen molar-refractivity contribution in [2.45, 2.75) is 13.8 Å². The maximum Gasteiger partial charge on any atom is 0.253 e. The molecule has 0 saturated carbocycles. The summed E-state index contributed by atoms with van der Waals surface area (Å²) in [6, 6.07) is 13.3. The number of halogens is 1. The maximum atomic E-state index is 12.4. The Hall–Kier alpha value is -2.47. The molecule has 1 heterocycles. The maximum absolute atomic E-state index is 12.4. The van der Waals surface area contributed by atoms with Gasteiger partial charge < -0.3 is 10.2 Å². The van der Waals surface area contributed by atoms with Gasteiger partial charge in [0.2, 0.25) is 0 Å². The lowest BCUT2D eigenvalue weighted by molar-refractivity contribution is 0.0773. The van der Waals surface area contributed by atoms with Crippen molar-refractivity contribution in [3.05, 3.63) is 58.8 Å². The van der Waals surface area contributed by atoms with Gasteiger partial charge in [0.05, 0.1) is 5.52 Å². The third kappa shape index (κ3) is 3.79. The summed E-state index contributed by atoms with van der Waals surface area (Å²) in [6.45, 7) is 5.37. The molecule has 5 nitrogen and oxygen atoms in total. The van der Waals surface area contributed by atoms with Gasteiger partial charge >= 0.3 is 0 Å². The zero-order valence-corrected chi connectivity index (χ0v) is 15.7. The lowest BCUT2D eigenvalue weighted by Gasteiger charge is -2.18. The average Bonchev–Trinajstić information content (AvgIpc) is 2.64. The summed E-state index contributed by atoms with van der Waals surface area (Å²) >= 11 is 3.48. The van der Waals surface area contributed by atoms with Crippen LogP contribution in [0.15, 0.2) is 53.3 Å². The first-order chi connectivity index (χ1) is 12.1. The van der Waals surface area contributed by atoms with Crippen molar-refractivity contribution in [1.82, 2.24) is 14.9 Å². The van der Waals surface area contributed by atoms with Gasteiger partial charge in [0.1, 0.15) is 12.1 Å². The van der Waals surface area contributed by atoms with Gasteiger partial charge in [0, 0.05) is 34.2 Å². The number of benzene rings is 2. The van der Waals surface area contributed by atoms with Crippen molar-refractivity contribution in [2.24, 2.45) is 0 Å². The monoisotopic (exact) mass is 398 g/mol. The Labute approximate surface area is 155 Å². The first-order valence-corrected chi connectivity index (χ1v) is 8.98. The van der Waals surface area contributed by atoms with Crippen LogP contribution in [0, 0.1) is 0 Å². The molecule has 1 N–H and O–H groups in total. The van der Waals surface area contributed by atoms with Gasteiger partial charge in [-0.2, -0.15) is 0 Å². The second-order valence-electron chi connectivity index (χ2n) is 5.56. The summed E-state index contributed by atoms with van der Waals surface area (Å²) in [4.78, 5) is 22.8. The highest BCUT2D eigenvalue weighted by atomic mass is 79.9. The number of rotatable bonds is 5. The normalized spacial score (nSPS) is 10.7. The minimum absolute atomic E-state index is 0.0490. The van der Waals surface area contributed by atoms with Gasteiger partial charge in [-0.15, -0.1) is 0 Å². The Bertz CT molecular complexity index is 892. The standard InChI is InChI=1S/C19H19BrN4O/c1-3-24(4-2)19(25)13-5-8-15(9-6-13)23-18-16-11-14(20)7-10-17(16)21-12-22-18/h5-12H,3-4H2,1-2H3,(H,21,22,23). The molecule has 0 radical (unpaired) electrons. The smallest absolute Gasteiger partial charge is 0.253 e. The molecule has 1 amide bonds. The minimum Gasteiger partial charge on any atom is -0.340 e. The Morgan fingerprint density at radius 2 is 1.80 bits per heavy atom. The number of aromatic nitrogens is 2. The van der Waals surface area contributed by atoms with Crippen LogP contribution >= 0.6 is 15.9 Å². The van der Waals surface area contributed by atoms with E-state index in [2.05, 4.69) is 31.2 Å². The molecule has 3 rings (SSSR count). The van der Waals surface area contributed by atoms with Crippen LogP contribution in [-0.2, 0) is 0 Å². The highest BCUT2D eigenvalue weighted by Gasteiger charge is 2.12. The quantitative estimate of drug-likeness (QED) is 0.680. The van der Waals surface area contributed by atoms with Crippen molar-refractivity contribution in [2.75, 3.05) is 18.4 Å². The minimum atomic E-state index is 0.0490. The number of nitrogens with zero attached hydrogens (tertiary/aromatic N) is 3. The third-order valence-corrected chi connectivity index (χ3v) is 4.54. The first kappa shape index (κ1) is 17.4. The van der Waals surface area contributed by atoms with Crippen LogP contribution in [-0.4, -0.2) is 33.9 Å². The molecule has 3 aromatic rings. The molecule has 0 aliphatic rings. The van der Waals surface area contributed by atoms with Gasteiger partial charge in [-0.25, -0.2) is 9.97 Å². The van der Waals surface area contributed by atoms with Crippen LogP contribution in [0.25, 0.3) is 10.9 Å². The summed E-state index contributed by atoms with van der Waals surface area (Å²) in [5.74, 6) is 0.780. The highest BCUT2D eigenvalue weighted by molar-refractivity contribution is 9.10. The Morgan fingerprint density at radius 1 is 1.08 bits per heavy atom. The summed E-state index contributed by atoms with van der Waals surface area (Å²) < 4.78 is 0.970. The fourth-order valence-electron chi connectivity index (χ4n) is 2.65. The predicted molar refractivity (Wildman–Crippen MR) is 104 cm³/mol. The largest absolute Gasteiger partial charge is 0.340 e. The molecule has 0 atom stereocenters. The number of fused-ring (bicyclic) bond motifs is 1. The molecule has 0 saturated heterocycles. The van der Waals surface area contributed by atoms with Crippen molar-refractivity contribution in [3.8, 4) is 0 Å². The number of nitrogens with one attached hydrogen (secondary N) is 1. The van der Waals surface area contributed by atoms with Gasteiger partial charge in [0.25, 0.3) is 5.91 Å². The number of carbonyl (C=O) groups excluding carboxylic acids is 1. The van der Waals surface area contributed by atoms with E-state index in [1.165, 1.54) is 6.33 Å². The molecule has 0 fully saturated rings. The summed E-state index contributed by atoms with van der Waals surface area (Å²) in [7, 11) is 0. The molecule has 0 bridgehead atoms. The zero-order valence-electron chi connectivity index (χ0n) is 14.2. The molecule has 0 aliphatic carbocycles. The fraction of sp³-hybridized carbons (Fsp3) is 0.211. The van der Waals surface area contributed by atoms with Crippen LogP contribution in [0.1, 0.15) is 24.2 Å². The van der Waals surface area contributed by atoms with E-state index in [0.29, 0.717) is 18.7 Å². The molecular formula is C19H19BrN4O. The van der Waals surface area contributed by atoms with Crippen LogP contribution in [0.5, 0.6) is 0 Å². The second kappa shape index (κ2) is 7.61. The third-order valence-electron chi connectivity index (χ3n) is 4.04.